The van der Waals surface area contributed by atoms with Crippen LogP contribution in [0, 0.1) is 0 Å². The van der Waals surface area contributed by atoms with Crippen LogP contribution in [0.4, 0.5) is 5.95 Å². The Balaban J connectivity index is 1.50. The predicted molar refractivity (Wildman–Crippen MR) is 149 cm³/mol. The van der Waals surface area contributed by atoms with Crippen LogP contribution in [0.15, 0.2) is 60.0 Å². The van der Waals surface area contributed by atoms with Crippen molar-refractivity contribution in [3.63, 3.8) is 0 Å². The van der Waals surface area contributed by atoms with E-state index in [0.717, 1.165) is 43.5 Å². The number of benzene rings is 1. The number of fused-ring (bicyclic) bond motifs is 1. The number of carbonyl (C=O) groups is 1. The van der Waals surface area contributed by atoms with E-state index >= 15 is 0 Å². The maximum absolute atomic E-state index is 12.4. The molecule has 1 unspecified atom stereocenters. The molecule has 2 atom stereocenters. The molecule has 0 saturated carbocycles. The van der Waals surface area contributed by atoms with Gasteiger partial charge in [-0.3, -0.25) is 19.1 Å². The Hall–Kier alpha value is -3.52. The van der Waals surface area contributed by atoms with E-state index in [0.29, 0.717) is 11.6 Å². The molecule has 0 bridgehead atoms. The smallest absolute Gasteiger partial charge is 0.252 e. The van der Waals surface area contributed by atoms with Gasteiger partial charge in [-0.25, -0.2) is 4.98 Å². The summed E-state index contributed by atoms with van der Waals surface area (Å²) in [5.74, 6) is 0.501. The maximum Gasteiger partial charge on any atom is 0.252 e. The Labute approximate surface area is 219 Å². The number of hydrogen-bond donors (Lipinski definition) is 1. The van der Waals surface area contributed by atoms with Crippen molar-refractivity contribution >= 4 is 22.9 Å². The van der Waals surface area contributed by atoms with Crippen LogP contribution in [-0.2, 0) is 10.3 Å². The molecule has 37 heavy (non-hydrogen) atoms. The fraction of sp³-hybridized carbons (Fsp3) is 0.448. The zero-order chi connectivity index (χ0) is 26.7. The average molecular weight is 503 g/mol. The SMILES string of the molecule is C=CC(=O)N1CCN(C(C)(CC)c2ccc([C@H](C)Nc3ncc4ccc(=O)n(C(C)C)c4n3)cc2)CC1. The van der Waals surface area contributed by atoms with Gasteiger partial charge in [-0.05, 0) is 57.4 Å². The molecule has 4 rings (SSSR count). The van der Waals surface area contributed by atoms with E-state index in [9.17, 15) is 9.59 Å². The molecule has 1 N–H and O–H groups in total. The third kappa shape index (κ3) is 5.30. The van der Waals surface area contributed by atoms with E-state index in [1.54, 1.807) is 22.9 Å². The van der Waals surface area contributed by atoms with Crippen molar-refractivity contribution in [1.82, 2.24) is 24.3 Å². The molecule has 0 spiro atoms. The second kappa shape index (κ2) is 10.8. The lowest BCUT2D eigenvalue weighted by atomic mass is 9.86. The van der Waals surface area contributed by atoms with E-state index in [-0.39, 0.29) is 29.1 Å². The molecule has 3 heterocycles. The maximum atomic E-state index is 12.4. The fourth-order valence-corrected chi connectivity index (χ4v) is 5.17. The quantitative estimate of drug-likeness (QED) is 0.457. The molecule has 1 amide bonds. The largest absolute Gasteiger partial charge is 0.348 e. The number of amides is 1. The van der Waals surface area contributed by atoms with Gasteiger partial charge in [0.1, 0.15) is 5.65 Å². The van der Waals surface area contributed by atoms with Crippen molar-refractivity contribution in [2.45, 2.75) is 58.7 Å². The molecule has 3 aromatic rings. The van der Waals surface area contributed by atoms with Crippen molar-refractivity contribution in [1.29, 1.82) is 0 Å². The Morgan fingerprint density at radius 2 is 1.78 bits per heavy atom. The van der Waals surface area contributed by atoms with E-state index in [1.807, 2.05) is 18.7 Å². The Bertz CT molecular complexity index is 1320. The van der Waals surface area contributed by atoms with Crippen molar-refractivity contribution in [3.05, 3.63) is 76.7 Å². The van der Waals surface area contributed by atoms with Crippen LogP contribution in [0.3, 0.4) is 0 Å². The molecule has 2 aromatic heterocycles. The molecular weight excluding hydrogens is 464 g/mol. The van der Waals surface area contributed by atoms with Crippen LogP contribution in [0.5, 0.6) is 0 Å². The zero-order valence-corrected chi connectivity index (χ0v) is 22.6. The predicted octanol–water partition coefficient (Wildman–Crippen LogP) is 4.50. The van der Waals surface area contributed by atoms with Gasteiger partial charge < -0.3 is 10.2 Å². The molecular formula is C29H38N6O2. The van der Waals surface area contributed by atoms with Crippen molar-refractivity contribution in [2.24, 2.45) is 0 Å². The van der Waals surface area contributed by atoms with E-state index in [2.05, 4.69) is 71.8 Å². The molecule has 196 valence electrons. The second-order valence-electron chi connectivity index (χ2n) is 10.2. The number of anilines is 1. The van der Waals surface area contributed by atoms with Gasteiger partial charge in [-0.2, -0.15) is 4.98 Å². The molecule has 1 aromatic carbocycles. The molecule has 1 fully saturated rings. The number of carbonyl (C=O) groups excluding carboxylic acids is 1. The van der Waals surface area contributed by atoms with E-state index in [1.165, 1.54) is 11.6 Å². The summed E-state index contributed by atoms with van der Waals surface area (Å²) in [6.45, 7) is 17.3. The highest BCUT2D eigenvalue weighted by atomic mass is 16.2. The molecule has 1 saturated heterocycles. The third-order valence-electron chi connectivity index (χ3n) is 7.71. The lowest BCUT2D eigenvalue weighted by molar-refractivity contribution is -0.128. The van der Waals surface area contributed by atoms with Gasteiger partial charge in [-0.1, -0.05) is 37.8 Å². The van der Waals surface area contributed by atoms with Crippen molar-refractivity contribution in [3.8, 4) is 0 Å². The van der Waals surface area contributed by atoms with Crippen LogP contribution < -0.4 is 10.9 Å². The topological polar surface area (TPSA) is 83.4 Å². The summed E-state index contributed by atoms with van der Waals surface area (Å²) in [6, 6.07) is 12.0. The molecule has 0 aliphatic carbocycles. The molecule has 8 nitrogen and oxygen atoms in total. The van der Waals surface area contributed by atoms with Gasteiger partial charge in [0.2, 0.25) is 11.9 Å². The molecule has 8 heteroatoms. The van der Waals surface area contributed by atoms with Gasteiger partial charge in [0.25, 0.3) is 5.56 Å². The van der Waals surface area contributed by atoms with Crippen LogP contribution in [0.25, 0.3) is 11.0 Å². The molecule has 0 radical (unpaired) electrons. The van der Waals surface area contributed by atoms with Crippen LogP contribution in [-0.4, -0.2) is 56.4 Å². The number of rotatable bonds is 8. The number of nitrogens with one attached hydrogen (secondary N) is 1. The number of aromatic nitrogens is 3. The van der Waals surface area contributed by atoms with Crippen LogP contribution in [0.2, 0.25) is 0 Å². The van der Waals surface area contributed by atoms with Crippen molar-refractivity contribution < 1.29 is 4.79 Å². The minimum absolute atomic E-state index is 0.00208. The summed E-state index contributed by atoms with van der Waals surface area (Å²) < 4.78 is 1.69. The number of piperazine rings is 1. The highest BCUT2D eigenvalue weighted by molar-refractivity contribution is 5.87. The van der Waals surface area contributed by atoms with Gasteiger partial charge in [-0.15, -0.1) is 0 Å². The second-order valence-corrected chi connectivity index (χ2v) is 10.2. The Morgan fingerprint density at radius 1 is 1.11 bits per heavy atom. The molecule has 1 aliphatic heterocycles. The standard InChI is InChI=1S/C29H38N6O2/c1-7-25(36)33-15-17-34(18-16-33)29(6,8-2)24-12-9-22(10-13-24)21(5)31-28-30-19-23-11-14-26(37)35(20(3)4)27(23)32-28/h7,9-14,19-21H,1,8,15-18H2,2-6H3,(H,30,31,32)/t21-,29?/m0/s1. The summed E-state index contributed by atoms with van der Waals surface area (Å²) >= 11 is 0. The first kappa shape index (κ1) is 26.5. The Kier molecular flexibility index (Phi) is 7.78. The Morgan fingerprint density at radius 3 is 2.38 bits per heavy atom. The van der Waals surface area contributed by atoms with Gasteiger partial charge in [0.05, 0.1) is 6.04 Å². The average Bonchev–Trinajstić information content (AvgIpc) is 2.91. The third-order valence-corrected chi connectivity index (χ3v) is 7.71. The monoisotopic (exact) mass is 502 g/mol. The van der Waals surface area contributed by atoms with E-state index < -0.39 is 0 Å². The lowest BCUT2D eigenvalue weighted by Crippen LogP contribution is -2.55. The fourth-order valence-electron chi connectivity index (χ4n) is 5.17. The summed E-state index contributed by atoms with van der Waals surface area (Å²) in [7, 11) is 0. The normalized spacial score (nSPS) is 17.0. The molecule has 1 aliphatic rings. The number of nitrogens with zero attached hydrogens (tertiary/aromatic N) is 5. The minimum atomic E-state index is -0.111. The minimum Gasteiger partial charge on any atom is -0.348 e. The summed E-state index contributed by atoms with van der Waals surface area (Å²) in [6.07, 6.45) is 4.13. The van der Waals surface area contributed by atoms with Crippen LogP contribution >= 0.6 is 0 Å². The van der Waals surface area contributed by atoms with Crippen molar-refractivity contribution in [2.75, 3.05) is 31.5 Å². The first-order chi connectivity index (χ1) is 17.7. The van der Waals surface area contributed by atoms with Crippen LogP contribution in [0.1, 0.15) is 64.3 Å². The highest BCUT2D eigenvalue weighted by Crippen LogP contribution is 2.33. The number of hydrogen-bond acceptors (Lipinski definition) is 6. The van der Waals surface area contributed by atoms with Gasteiger partial charge in [0.15, 0.2) is 0 Å². The van der Waals surface area contributed by atoms with E-state index in [4.69, 9.17) is 0 Å². The zero-order valence-electron chi connectivity index (χ0n) is 22.6. The lowest BCUT2D eigenvalue weighted by Gasteiger charge is -2.46. The first-order valence-electron chi connectivity index (χ1n) is 13.1. The highest BCUT2D eigenvalue weighted by Gasteiger charge is 2.34. The van der Waals surface area contributed by atoms with Gasteiger partial charge in [0, 0.05) is 55.4 Å². The first-order valence-corrected chi connectivity index (χ1v) is 13.1. The number of pyridine rings is 1. The summed E-state index contributed by atoms with van der Waals surface area (Å²) in [5.41, 5.74) is 2.85. The van der Waals surface area contributed by atoms with Gasteiger partial charge >= 0.3 is 0 Å². The summed E-state index contributed by atoms with van der Waals surface area (Å²) in [4.78, 5) is 37.9. The summed E-state index contributed by atoms with van der Waals surface area (Å²) in [5, 5.41) is 4.24.